The molecule has 0 spiro atoms. The Hall–Kier alpha value is -0.800. The van der Waals surface area contributed by atoms with Crippen molar-refractivity contribution in [2.24, 2.45) is 5.92 Å². The van der Waals surface area contributed by atoms with Crippen LogP contribution in [0.15, 0.2) is 16.5 Å². The van der Waals surface area contributed by atoms with Crippen LogP contribution in [0.1, 0.15) is 44.3 Å². The SMILES string of the molecule is Cc1ccc(C(C)NC(C)C2CCCN(C)C2)o1. The van der Waals surface area contributed by atoms with Crippen molar-refractivity contribution in [3.05, 3.63) is 23.7 Å². The summed E-state index contributed by atoms with van der Waals surface area (Å²) in [5.74, 6) is 2.79. The van der Waals surface area contributed by atoms with Gasteiger partial charge in [-0.2, -0.15) is 0 Å². The Morgan fingerprint density at radius 1 is 1.39 bits per heavy atom. The minimum Gasteiger partial charge on any atom is -0.465 e. The van der Waals surface area contributed by atoms with E-state index in [4.69, 9.17) is 4.42 Å². The number of hydrogen-bond acceptors (Lipinski definition) is 3. The van der Waals surface area contributed by atoms with Gasteiger partial charge in [0.05, 0.1) is 6.04 Å². The van der Waals surface area contributed by atoms with Gasteiger partial charge in [-0.05, 0) is 65.3 Å². The fourth-order valence-electron chi connectivity index (χ4n) is 2.91. The van der Waals surface area contributed by atoms with Gasteiger partial charge >= 0.3 is 0 Å². The van der Waals surface area contributed by atoms with Crippen LogP contribution < -0.4 is 5.32 Å². The molecule has 1 aliphatic rings. The molecule has 102 valence electrons. The molecule has 0 saturated carbocycles. The van der Waals surface area contributed by atoms with Crippen molar-refractivity contribution in [1.82, 2.24) is 10.2 Å². The number of rotatable bonds is 4. The lowest BCUT2D eigenvalue weighted by atomic mass is 9.91. The van der Waals surface area contributed by atoms with E-state index in [2.05, 4.69) is 37.2 Å². The maximum Gasteiger partial charge on any atom is 0.120 e. The van der Waals surface area contributed by atoms with Crippen LogP contribution in [-0.4, -0.2) is 31.1 Å². The van der Waals surface area contributed by atoms with E-state index in [9.17, 15) is 0 Å². The molecule has 1 aromatic rings. The molecule has 1 aliphatic heterocycles. The van der Waals surface area contributed by atoms with E-state index < -0.39 is 0 Å². The average Bonchev–Trinajstić information content (AvgIpc) is 2.76. The molecule has 1 saturated heterocycles. The molecule has 0 aromatic carbocycles. The Morgan fingerprint density at radius 3 is 2.78 bits per heavy atom. The molecule has 2 heterocycles. The molecule has 3 unspecified atom stereocenters. The van der Waals surface area contributed by atoms with Crippen LogP contribution in [0.4, 0.5) is 0 Å². The molecule has 0 aliphatic carbocycles. The van der Waals surface area contributed by atoms with Gasteiger partial charge in [-0.1, -0.05) is 0 Å². The molecular weight excluding hydrogens is 224 g/mol. The molecule has 18 heavy (non-hydrogen) atoms. The smallest absolute Gasteiger partial charge is 0.120 e. The minimum atomic E-state index is 0.293. The van der Waals surface area contributed by atoms with Gasteiger partial charge < -0.3 is 14.6 Å². The maximum atomic E-state index is 5.68. The van der Waals surface area contributed by atoms with Crippen LogP contribution in [0.2, 0.25) is 0 Å². The predicted octanol–water partition coefficient (Wildman–Crippen LogP) is 2.97. The van der Waals surface area contributed by atoms with Crippen LogP contribution in [0.5, 0.6) is 0 Å². The lowest BCUT2D eigenvalue weighted by Gasteiger charge is -2.35. The Bertz CT molecular complexity index is 374. The Balaban J connectivity index is 1.88. The summed E-state index contributed by atoms with van der Waals surface area (Å²) in [5.41, 5.74) is 0. The standard InChI is InChI=1S/C15H26N2O/c1-11-7-8-15(18-11)13(3)16-12(2)14-6-5-9-17(4)10-14/h7-8,12-14,16H,5-6,9-10H2,1-4H3. The molecule has 1 N–H and O–H groups in total. The number of nitrogens with one attached hydrogen (secondary N) is 1. The van der Waals surface area contributed by atoms with E-state index >= 15 is 0 Å². The number of piperidine rings is 1. The van der Waals surface area contributed by atoms with Crippen molar-refractivity contribution in [2.45, 2.75) is 45.7 Å². The first-order chi connectivity index (χ1) is 8.56. The lowest BCUT2D eigenvalue weighted by molar-refractivity contribution is 0.172. The van der Waals surface area contributed by atoms with Gasteiger partial charge in [0.15, 0.2) is 0 Å². The zero-order valence-electron chi connectivity index (χ0n) is 12.1. The third kappa shape index (κ3) is 3.36. The van der Waals surface area contributed by atoms with Crippen molar-refractivity contribution in [1.29, 1.82) is 0 Å². The Labute approximate surface area is 111 Å². The third-order valence-electron chi connectivity index (χ3n) is 4.07. The first-order valence-electron chi connectivity index (χ1n) is 7.07. The predicted molar refractivity (Wildman–Crippen MR) is 74.7 cm³/mol. The quantitative estimate of drug-likeness (QED) is 0.890. The van der Waals surface area contributed by atoms with Crippen LogP contribution in [0.25, 0.3) is 0 Å². The van der Waals surface area contributed by atoms with Gasteiger partial charge in [-0.3, -0.25) is 0 Å². The summed E-state index contributed by atoms with van der Waals surface area (Å²) < 4.78 is 5.68. The van der Waals surface area contributed by atoms with Crippen molar-refractivity contribution in [3.63, 3.8) is 0 Å². The summed E-state index contributed by atoms with van der Waals surface area (Å²) in [5, 5.41) is 3.68. The fraction of sp³-hybridized carbons (Fsp3) is 0.733. The van der Waals surface area contributed by atoms with E-state index in [1.54, 1.807) is 0 Å². The molecule has 0 amide bonds. The lowest BCUT2D eigenvalue weighted by Crippen LogP contribution is -2.43. The summed E-state index contributed by atoms with van der Waals surface area (Å²) in [6, 6.07) is 4.94. The van der Waals surface area contributed by atoms with Crippen LogP contribution >= 0.6 is 0 Å². The van der Waals surface area contributed by atoms with Crippen LogP contribution in [0.3, 0.4) is 0 Å². The van der Waals surface area contributed by atoms with E-state index in [0.717, 1.165) is 17.4 Å². The van der Waals surface area contributed by atoms with E-state index in [-0.39, 0.29) is 0 Å². The van der Waals surface area contributed by atoms with Gasteiger partial charge in [-0.15, -0.1) is 0 Å². The van der Waals surface area contributed by atoms with Crippen LogP contribution in [0, 0.1) is 12.8 Å². The first-order valence-corrected chi connectivity index (χ1v) is 7.07. The molecule has 2 rings (SSSR count). The number of nitrogens with zero attached hydrogens (tertiary/aromatic N) is 1. The highest BCUT2D eigenvalue weighted by Gasteiger charge is 2.24. The summed E-state index contributed by atoms with van der Waals surface area (Å²) in [7, 11) is 2.22. The van der Waals surface area contributed by atoms with Gasteiger partial charge in [0.1, 0.15) is 11.5 Å². The average molecular weight is 250 g/mol. The molecule has 3 nitrogen and oxygen atoms in total. The largest absolute Gasteiger partial charge is 0.465 e. The highest BCUT2D eigenvalue weighted by atomic mass is 16.3. The minimum absolute atomic E-state index is 0.293. The highest BCUT2D eigenvalue weighted by molar-refractivity contribution is 5.09. The van der Waals surface area contributed by atoms with Gasteiger partial charge in [-0.25, -0.2) is 0 Å². The van der Waals surface area contributed by atoms with Crippen molar-refractivity contribution < 1.29 is 4.42 Å². The molecule has 0 bridgehead atoms. The van der Waals surface area contributed by atoms with Gasteiger partial charge in [0.25, 0.3) is 0 Å². The normalized spacial score (nSPS) is 25.0. The Morgan fingerprint density at radius 2 is 2.17 bits per heavy atom. The zero-order valence-corrected chi connectivity index (χ0v) is 12.1. The number of furan rings is 1. The Kier molecular flexibility index (Phi) is 4.46. The van der Waals surface area contributed by atoms with Crippen molar-refractivity contribution >= 4 is 0 Å². The summed E-state index contributed by atoms with van der Waals surface area (Å²) in [4.78, 5) is 2.44. The summed E-state index contributed by atoms with van der Waals surface area (Å²) >= 11 is 0. The second kappa shape index (κ2) is 5.89. The highest BCUT2D eigenvalue weighted by Crippen LogP contribution is 2.22. The van der Waals surface area contributed by atoms with E-state index in [0.29, 0.717) is 12.1 Å². The summed E-state index contributed by atoms with van der Waals surface area (Å²) in [6.45, 7) is 8.93. The second-order valence-electron chi connectivity index (χ2n) is 5.79. The van der Waals surface area contributed by atoms with Crippen LogP contribution in [-0.2, 0) is 0 Å². The van der Waals surface area contributed by atoms with Gasteiger partial charge in [0, 0.05) is 12.6 Å². The monoisotopic (exact) mass is 250 g/mol. The van der Waals surface area contributed by atoms with Gasteiger partial charge in [0.2, 0.25) is 0 Å². The molecule has 0 radical (unpaired) electrons. The van der Waals surface area contributed by atoms with E-state index in [1.165, 1.54) is 25.9 Å². The topological polar surface area (TPSA) is 28.4 Å². The fourth-order valence-corrected chi connectivity index (χ4v) is 2.91. The van der Waals surface area contributed by atoms with E-state index in [1.807, 2.05) is 13.0 Å². The second-order valence-corrected chi connectivity index (χ2v) is 5.79. The molecule has 3 heteroatoms. The molecular formula is C15H26N2O. The van der Waals surface area contributed by atoms with Crippen molar-refractivity contribution in [3.8, 4) is 0 Å². The zero-order chi connectivity index (χ0) is 13.1. The number of aryl methyl sites for hydroxylation is 1. The number of likely N-dealkylation sites (tertiary alicyclic amines) is 1. The van der Waals surface area contributed by atoms with Crippen molar-refractivity contribution in [2.75, 3.05) is 20.1 Å². The third-order valence-corrected chi connectivity index (χ3v) is 4.07. The maximum absolute atomic E-state index is 5.68. The molecule has 1 aromatic heterocycles. The summed E-state index contributed by atoms with van der Waals surface area (Å²) in [6.07, 6.45) is 2.66. The molecule has 1 fully saturated rings. The first kappa shape index (κ1) is 13.6. The number of hydrogen-bond donors (Lipinski definition) is 1. The molecule has 3 atom stereocenters.